The van der Waals surface area contributed by atoms with Gasteiger partial charge in [0.15, 0.2) is 0 Å². The topological polar surface area (TPSA) is 58.7 Å². The van der Waals surface area contributed by atoms with E-state index in [1.54, 1.807) is 24.3 Å². The number of epoxide rings is 1. The van der Waals surface area contributed by atoms with E-state index in [0.29, 0.717) is 17.5 Å². The lowest BCUT2D eigenvalue weighted by Gasteiger charge is -2.06. The number of rotatable bonds is 7. The van der Waals surface area contributed by atoms with Crippen LogP contribution in [0.15, 0.2) is 29.2 Å². The van der Waals surface area contributed by atoms with Crippen molar-refractivity contribution in [2.45, 2.75) is 37.2 Å². The second-order valence-electron chi connectivity index (χ2n) is 4.66. The molecule has 5 heteroatoms. The first-order chi connectivity index (χ1) is 8.58. The second kappa shape index (κ2) is 5.82. The smallest absolute Gasteiger partial charge is 0.240 e. The third-order valence-corrected chi connectivity index (χ3v) is 4.46. The van der Waals surface area contributed by atoms with E-state index in [-0.39, 0.29) is 0 Å². The van der Waals surface area contributed by atoms with Gasteiger partial charge in [-0.25, -0.2) is 13.1 Å². The van der Waals surface area contributed by atoms with Crippen LogP contribution in [-0.2, 0) is 14.8 Å². The first kappa shape index (κ1) is 13.5. The van der Waals surface area contributed by atoms with Gasteiger partial charge < -0.3 is 4.74 Å². The van der Waals surface area contributed by atoms with Gasteiger partial charge in [-0.1, -0.05) is 17.7 Å². The predicted octanol–water partition coefficient (Wildman–Crippen LogP) is 1.84. The highest BCUT2D eigenvalue weighted by Crippen LogP contribution is 2.16. The average Bonchev–Trinajstić information content (AvgIpc) is 3.13. The molecule has 4 nitrogen and oxygen atoms in total. The molecule has 1 fully saturated rings. The summed E-state index contributed by atoms with van der Waals surface area (Å²) in [6, 6.07) is 6.88. The molecule has 1 aliphatic heterocycles. The number of hydrogen-bond donors (Lipinski definition) is 1. The Morgan fingerprint density at radius 3 is 2.56 bits per heavy atom. The molecule has 1 aromatic carbocycles. The van der Waals surface area contributed by atoms with Gasteiger partial charge in [0.2, 0.25) is 10.0 Å². The minimum atomic E-state index is -3.34. The lowest BCUT2D eigenvalue weighted by Crippen LogP contribution is -2.24. The van der Waals surface area contributed by atoms with E-state index in [0.717, 1.165) is 31.4 Å². The van der Waals surface area contributed by atoms with Crippen LogP contribution in [0.1, 0.15) is 24.8 Å². The van der Waals surface area contributed by atoms with Crippen molar-refractivity contribution in [3.8, 4) is 0 Å². The number of ether oxygens (including phenoxy) is 1. The first-order valence-electron chi connectivity index (χ1n) is 6.26. The Hall–Kier alpha value is -0.910. The zero-order chi connectivity index (χ0) is 13.0. The summed E-state index contributed by atoms with van der Waals surface area (Å²) < 4.78 is 31.6. The van der Waals surface area contributed by atoms with Crippen molar-refractivity contribution in [1.29, 1.82) is 0 Å². The van der Waals surface area contributed by atoms with Gasteiger partial charge in [-0.3, -0.25) is 0 Å². The van der Waals surface area contributed by atoms with Gasteiger partial charge in [0.25, 0.3) is 0 Å². The normalized spacial score (nSPS) is 18.8. The molecule has 1 atom stereocenters. The summed E-state index contributed by atoms with van der Waals surface area (Å²) >= 11 is 0. The Kier molecular flexibility index (Phi) is 4.37. The highest BCUT2D eigenvalue weighted by atomic mass is 32.2. The minimum absolute atomic E-state index is 0.332. The van der Waals surface area contributed by atoms with Crippen molar-refractivity contribution in [3.63, 3.8) is 0 Å². The van der Waals surface area contributed by atoms with E-state index in [9.17, 15) is 8.42 Å². The van der Waals surface area contributed by atoms with Gasteiger partial charge in [0.05, 0.1) is 17.6 Å². The molecule has 1 aliphatic rings. The van der Waals surface area contributed by atoms with Crippen LogP contribution in [0, 0.1) is 6.92 Å². The van der Waals surface area contributed by atoms with E-state index in [1.165, 1.54) is 0 Å². The molecule has 100 valence electrons. The van der Waals surface area contributed by atoms with E-state index >= 15 is 0 Å². The molecule has 1 N–H and O–H groups in total. The first-order valence-corrected chi connectivity index (χ1v) is 7.74. The van der Waals surface area contributed by atoms with Crippen molar-refractivity contribution in [3.05, 3.63) is 29.8 Å². The molecule has 0 aromatic heterocycles. The van der Waals surface area contributed by atoms with Crippen LogP contribution in [0.25, 0.3) is 0 Å². The quantitative estimate of drug-likeness (QED) is 0.607. The monoisotopic (exact) mass is 269 g/mol. The van der Waals surface area contributed by atoms with Crippen molar-refractivity contribution in [2.75, 3.05) is 13.2 Å². The third kappa shape index (κ3) is 4.08. The molecule has 1 aromatic rings. The summed E-state index contributed by atoms with van der Waals surface area (Å²) in [6.45, 7) is 3.29. The molecular weight excluding hydrogens is 250 g/mol. The highest BCUT2D eigenvalue weighted by Gasteiger charge is 2.21. The van der Waals surface area contributed by atoms with Crippen molar-refractivity contribution in [1.82, 2.24) is 4.72 Å². The zero-order valence-electron chi connectivity index (χ0n) is 10.6. The Bertz CT molecular complexity index is 477. The Labute approximate surface area is 108 Å². The third-order valence-electron chi connectivity index (χ3n) is 2.98. The highest BCUT2D eigenvalue weighted by molar-refractivity contribution is 7.89. The van der Waals surface area contributed by atoms with Gasteiger partial charge in [-0.15, -0.1) is 0 Å². The average molecular weight is 269 g/mol. The minimum Gasteiger partial charge on any atom is -0.373 e. The molecule has 1 unspecified atom stereocenters. The Morgan fingerprint density at radius 2 is 1.94 bits per heavy atom. The molecule has 1 saturated heterocycles. The fourth-order valence-corrected chi connectivity index (χ4v) is 2.81. The SMILES string of the molecule is Cc1ccc(S(=O)(=O)NCCCCC2CO2)cc1. The molecule has 0 aliphatic carbocycles. The summed E-state index contributed by atoms with van der Waals surface area (Å²) in [4.78, 5) is 0.332. The predicted molar refractivity (Wildman–Crippen MR) is 70.0 cm³/mol. The lowest BCUT2D eigenvalue weighted by molar-refractivity contribution is 0.389. The van der Waals surface area contributed by atoms with E-state index in [4.69, 9.17) is 4.74 Å². The van der Waals surface area contributed by atoms with E-state index < -0.39 is 10.0 Å². The van der Waals surface area contributed by atoms with Crippen molar-refractivity contribution >= 4 is 10.0 Å². The molecule has 0 bridgehead atoms. The molecule has 0 saturated carbocycles. The molecule has 1 heterocycles. The van der Waals surface area contributed by atoms with Gasteiger partial charge in [0.1, 0.15) is 0 Å². The molecule has 0 spiro atoms. The van der Waals surface area contributed by atoms with Crippen molar-refractivity contribution in [2.24, 2.45) is 0 Å². The van der Waals surface area contributed by atoms with Crippen LogP contribution < -0.4 is 4.72 Å². The summed E-state index contributed by atoms with van der Waals surface area (Å²) in [5.41, 5.74) is 1.05. The van der Waals surface area contributed by atoms with Crippen LogP contribution >= 0.6 is 0 Å². The molecule has 18 heavy (non-hydrogen) atoms. The maximum atomic E-state index is 11.9. The van der Waals surface area contributed by atoms with Gasteiger partial charge in [-0.2, -0.15) is 0 Å². The summed E-state index contributed by atoms with van der Waals surface area (Å²) in [6.07, 6.45) is 3.32. The van der Waals surface area contributed by atoms with E-state index in [1.807, 2.05) is 6.92 Å². The van der Waals surface area contributed by atoms with Gasteiger partial charge >= 0.3 is 0 Å². The van der Waals surface area contributed by atoms with Gasteiger partial charge in [0, 0.05) is 6.54 Å². The lowest BCUT2D eigenvalue weighted by atomic mass is 10.2. The molecule has 0 amide bonds. The largest absolute Gasteiger partial charge is 0.373 e. The van der Waals surface area contributed by atoms with Gasteiger partial charge in [-0.05, 0) is 38.3 Å². The summed E-state index contributed by atoms with van der Waals surface area (Å²) in [5.74, 6) is 0. The number of sulfonamides is 1. The second-order valence-corrected chi connectivity index (χ2v) is 6.43. The van der Waals surface area contributed by atoms with Crippen molar-refractivity contribution < 1.29 is 13.2 Å². The fourth-order valence-electron chi connectivity index (χ4n) is 1.74. The summed E-state index contributed by atoms with van der Waals surface area (Å²) in [7, 11) is -3.34. The molecular formula is C13H19NO3S. The Morgan fingerprint density at radius 1 is 1.28 bits per heavy atom. The van der Waals surface area contributed by atoms with E-state index in [2.05, 4.69) is 4.72 Å². The van der Waals surface area contributed by atoms with Crippen LogP contribution in [0.5, 0.6) is 0 Å². The Balaban J connectivity index is 1.77. The number of hydrogen-bond acceptors (Lipinski definition) is 3. The summed E-state index contributed by atoms with van der Waals surface area (Å²) in [5, 5.41) is 0. The van der Waals surface area contributed by atoms with Crippen LogP contribution in [0.2, 0.25) is 0 Å². The van der Waals surface area contributed by atoms with Crippen LogP contribution in [0.4, 0.5) is 0 Å². The van der Waals surface area contributed by atoms with Crippen LogP contribution in [0.3, 0.4) is 0 Å². The number of benzene rings is 1. The number of aryl methyl sites for hydroxylation is 1. The maximum Gasteiger partial charge on any atom is 0.240 e. The van der Waals surface area contributed by atoms with Crippen LogP contribution in [-0.4, -0.2) is 27.7 Å². The molecule has 0 radical (unpaired) electrons. The standard InChI is InChI=1S/C13H19NO3S/c1-11-5-7-13(8-6-11)18(15,16)14-9-3-2-4-12-10-17-12/h5-8,12,14H,2-4,9-10H2,1H3. The fraction of sp³-hybridized carbons (Fsp3) is 0.538. The number of unbranched alkanes of at least 4 members (excludes halogenated alkanes) is 1. The molecule has 2 rings (SSSR count). The zero-order valence-corrected chi connectivity index (χ0v) is 11.4. The maximum absolute atomic E-state index is 11.9. The number of nitrogens with one attached hydrogen (secondary N) is 1.